The number of amides is 1. The average Bonchev–Trinajstić information content (AvgIpc) is 3.36. The summed E-state index contributed by atoms with van der Waals surface area (Å²) in [6, 6.07) is 31.7. The molecule has 1 amide bonds. The smallest absolute Gasteiger partial charge is 0.266 e. The van der Waals surface area contributed by atoms with E-state index in [1.54, 1.807) is 0 Å². The summed E-state index contributed by atoms with van der Waals surface area (Å²) in [5.74, 6) is 0.0281. The number of hydrogen-bond acceptors (Lipinski definition) is 4. The molecule has 0 saturated heterocycles. The van der Waals surface area contributed by atoms with E-state index >= 15 is 0 Å². The fraction of sp³-hybridized carbons (Fsp3) is 0.235. The number of para-hydroxylation sites is 1. The Kier molecular flexibility index (Phi) is 7.85. The fourth-order valence-electron chi connectivity index (χ4n) is 5.87. The third-order valence-corrected chi connectivity index (χ3v) is 9.77. The Labute approximate surface area is 244 Å². The molecule has 5 aromatic rings. The molecule has 4 nitrogen and oxygen atoms in total. The van der Waals surface area contributed by atoms with Gasteiger partial charge in [0, 0.05) is 53.8 Å². The van der Waals surface area contributed by atoms with Crippen molar-refractivity contribution in [3.05, 3.63) is 119 Å². The highest BCUT2D eigenvalue weighted by Crippen LogP contribution is 2.38. The molecule has 202 valence electrons. The van der Waals surface area contributed by atoms with Gasteiger partial charge < -0.3 is 9.80 Å². The van der Waals surface area contributed by atoms with Crippen LogP contribution in [-0.4, -0.2) is 34.9 Å². The molecule has 1 aliphatic carbocycles. The number of halogens is 1. The Bertz CT molecular complexity index is 1600. The summed E-state index contributed by atoms with van der Waals surface area (Å²) in [7, 11) is 2.19. The van der Waals surface area contributed by atoms with Crippen molar-refractivity contribution in [3.63, 3.8) is 0 Å². The number of nitrogens with zero attached hydrogens (tertiary/aromatic N) is 3. The summed E-state index contributed by atoms with van der Waals surface area (Å²) in [4.78, 5) is 23.5. The Morgan fingerprint density at radius 2 is 1.55 bits per heavy atom. The zero-order chi connectivity index (χ0) is 27.5. The predicted octanol–water partition coefficient (Wildman–Crippen LogP) is 8.71. The lowest BCUT2D eigenvalue weighted by Crippen LogP contribution is -2.45. The summed E-state index contributed by atoms with van der Waals surface area (Å²) in [6.07, 6.45) is 7.62. The summed E-state index contributed by atoms with van der Waals surface area (Å²) in [6.45, 7) is 0.548. The van der Waals surface area contributed by atoms with Crippen molar-refractivity contribution in [1.29, 1.82) is 0 Å². The Morgan fingerprint density at radius 3 is 2.30 bits per heavy atom. The minimum atomic E-state index is 0.0281. The number of anilines is 1. The standard InChI is InChI=1S/C34H32ClN3OS/c1-37(27-10-3-2-4-11-27)28-14-16-29(17-15-28)38(34(39)33-32(35)30-12-5-6-13-31(30)40-33)23-24-8-7-9-26(22-24)25-18-20-36-21-19-25/h2-13,18-22,28-29H,14-17,23H2,1H3. The zero-order valence-corrected chi connectivity index (χ0v) is 24.1. The van der Waals surface area contributed by atoms with Gasteiger partial charge in [-0.25, -0.2) is 0 Å². The van der Waals surface area contributed by atoms with Crippen molar-refractivity contribution in [2.24, 2.45) is 0 Å². The number of fused-ring (bicyclic) bond motifs is 1. The van der Waals surface area contributed by atoms with E-state index in [2.05, 4.69) is 76.4 Å². The van der Waals surface area contributed by atoms with Crippen molar-refractivity contribution in [2.45, 2.75) is 44.3 Å². The number of aromatic nitrogens is 1. The van der Waals surface area contributed by atoms with E-state index in [-0.39, 0.29) is 11.9 Å². The minimum absolute atomic E-state index is 0.0281. The molecule has 6 heteroatoms. The van der Waals surface area contributed by atoms with Gasteiger partial charge in [0.05, 0.1) is 5.02 Å². The molecule has 0 spiro atoms. The summed E-state index contributed by atoms with van der Waals surface area (Å²) >= 11 is 8.33. The Morgan fingerprint density at radius 1 is 0.850 bits per heavy atom. The first-order valence-corrected chi connectivity index (χ1v) is 15.0. The van der Waals surface area contributed by atoms with E-state index in [0.29, 0.717) is 22.5 Å². The van der Waals surface area contributed by atoms with Gasteiger partial charge in [-0.15, -0.1) is 11.3 Å². The molecule has 3 aromatic carbocycles. The van der Waals surface area contributed by atoms with E-state index in [1.165, 1.54) is 17.0 Å². The largest absolute Gasteiger partial charge is 0.372 e. The predicted molar refractivity (Wildman–Crippen MR) is 167 cm³/mol. The average molecular weight is 566 g/mol. The van der Waals surface area contributed by atoms with E-state index in [0.717, 1.165) is 52.5 Å². The quantitative estimate of drug-likeness (QED) is 0.198. The highest BCUT2D eigenvalue weighted by Gasteiger charge is 2.33. The summed E-state index contributed by atoms with van der Waals surface area (Å²) in [5, 5.41) is 1.52. The highest BCUT2D eigenvalue weighted by atomic mass is 35.5. The van der Waals surface area contributed by atoms with Crippen molar-refractivity contribution in [2.75, 3.05) is 11.9 Å². The molecule has 0 atom stereocenters. The number of thiophene rings is 1. The van der Waals surface area contributed by atoms with Crippen LogP contribution in [-0.2, 0) is 6.54 Å². The monoisotopic (exact) mass is 565 g/mol. The molecule has 0 aliphatic heterocycles. The molecule has 0 radical (unpaired) electrons. The van der Waals surface area contributed by atoms with Crippen LogP contribution >= 0.6 is 22.9 Å². The number of carbonyl (C=O) groups is 1. The number of benzene rings is 3. The van der Waals surface area contributed by atoms with Crippen LogP contribution in [0.15, 0.2) is 103 Å². The fourth-order valence-corrected chi connectivity index (χ4v) is 7.34. The normalized spacial score (nSPS) is 17.1. The molecule has 40 heavy (non-hydrogen) atoms. The summed E-state index contributed by atoms with van der Waals surface area (Å²) < 4.78 is 1.05. The molecule has 0 unspecified atom stereocenters. The van der Waals surface area contributed by atoms with Crippen LogP contribution in [0.2, 0.25) is 5.02 Å². The number of rotatable bonds is 7. The van der Waals surface area contributed by atoms with Gasteiger partial charge in [-0.3, -0.25) is 9.78 Å². The van der Waals surface area contributed by atoms with E-state index in [4.69, 9.17) is 11.6 Å². The van der Waals surface area contributed by atoms with Gasteiger partial charge in [0.1, 0.15) is 4.88 Å². The number of carbonyl (C=O) groups excluding carboxylic acids is 1. The van der Waals surface area contributed by atoms with Crippen LogP contribution in [0.4, 0.5) is 5.69 Å². The van der Waals surface area contributed by atoms with Gasteiger partial charge in [-0.05, 0) is 78.8 Å². The minimum Gasteiger partial charge on any atom is -0.372 e. The first-order valence-electron chi connectivity index (χ1n) is 13.8. The van der Waals surface area contributed by atoms with E-state index in [1.807, 2.05) is 48.8 Å². The first kappa shape index (κ1) is 26.5. The van der Waals surface area contributed by atoms with Crippen LogP contribution in [0.25, 0.3) is 21.2 Å². The maximum atomic E-state index is 14.3. The van der Waals surface area contributed by atoms with Crippen molar-refractivity contribution in [1.82, 2.24) is 9.88 Å². The molecule has 1 aliphatic rings. The molecule has 0 bridgehead atoms. The molecule has 0 N–H and O–H groups in total. The van der Waals surface area contributed by atoms with Gasteiger partial charge in [0.2, 0.25) is 0 Å². The van der Waals surface area contributed by atoms with Crippen LogP contribution in [0.1, 0.15) is 40.9 Å². The van der Waals surface area contributed by atoms with Crippen LogP contribution in [0.5, 0.6) is 0 Å². The van der Waals surface area contributed by atoms with Gasteiger partial charge in [-0.1, -0.05) is 66.2 Å². The van der Waals surface area contributed by atoms with Crippen molar-refractivity contribution in [3.8, 4) is 11.1 Å². The Balaban J connectivity index is 1.28. The van der Waals surface area contributed by atoms with Gasteiger partial charge in [-0.2, -0.15) is 0 Å². The highest BCUT2D eigenvalue weighted by molar-refractivity contribution is 7.21. The second-order valence-electron chi connectivity index (χ2n) is 10.5. The number of pyridine rings is 1. The van der Waals surface area contributed by atoms with Crippen LogP contribution in [0, 0.1) is 0 Å². The third kappa shape index (κ3) is 5.49. The number of hydrogen-bond donors (Lipinski definition) is 0. The lowest BCUT2D eigenvalue weighted by atomic mass is 9.88. The zero-order valence-electron chi connectivity index (χ0n) is 22.5. The first-order chi connectivity index (χ1) is 19.6. The molecule has 6 rings (SSSR count). The Hall–Kier alpha value is -3.67. The maximum Gasteiger partial charge on any atom is 0.266 e. The van der Waals surface area contributed by atoms with Crippen molar-refractivity contribution >= 4 is 44.6 Å². The molecule has 2 aromatic heterocycles. The van der Waals surface area contributed by atoms with Gasteiger partial charge in [0.15, 0.2) is 0 Å². The van der Waals surface area contributed by atoms with Crippen molar-refractivity contribution < 1.29 is 4.79 Å². The molecular weight excluding hydrogens is 534 g/mol. The van der Waals surface area contributed by atoms with Gasteiger partial charge >= 0.3 is 0 Å². The maximum absolute atomic E-state index is 14.3. The lowest BCUT2D eigenvalue weighted by Gasteiger charge is -2.40. The van der Waals surface area contributed by atoms with Gasteiger partial charge in [0.25, 0.3) is 5.91 Å². The van der Waals surface area contributed by atoms with Crippen LogP contribution < -0.4 is 4.90 Å². The topological polar surface area (TPSA) is 36.4 Å². The lowest BCUT2D eigenvalue weighted by molar-refractivity contribution is 0.0611. The molecular formula is C34H32ClN3OS. The van der Waals surface area contributed by atoms with Crippen LogP contribution in [0.3, 0.4) is 0 Å². The van der Waals surface area contributed by atoms with E-state index < -0.39 is 0 Å². The molecule has 1 fully saturated rings. The van der Waals surface area contributed by atoms with E-state index in [9.17, 15) is 4.79 Å². The SMILES string of the molecule is CN(c1ccccc1)C1CCC(N(Cc2cccc(-c3ccncc3)c2)C(=O)c2sc3ccccc3c2Cl)CC1. The molecule has 2 heterocycles. The molecule has 1 saturated carbocycles. The third-order valence-electron chi connectivity index (χ3n) is 8.10. The second-order valence-corrected chi connectivity index (χ2v) is 11.9. The second kappa shape index (κ2) is 11.8. The summed E-state index contributed by atoms with van der Waals surface area (Å²) in [5.41, 5.74) is 4.60.